The summed E-state index contributed by atoms with van der Waals surface area (Å²) in [6.45, 7) is 0. The molecule has 1 heterocycles. The summed E-state index contributed by atoms with van der Waals surface area (Å²) in [6, 6.07) is 0. The molecule has 0 N–H and O–H groups in total. The van der Waals surface area contributed by atoms with Crippen LogP contribution in [0.3, 0.4) is 0 Å². The monoisotopic (exact) mass is 171 g/mol. The van der Waals surface area contributed by atoms with Crippen molar-refractivity contribution in [1.82, 2.24) is 9.97 Å². The predicted molar refractivity (Wildman–Crippen MR) is 38.5 cm³/mol. The summed E-state index contributed by atoms with van der Waals surface area (Å²) < 4.78 is 0. The van der Waals surface area contributed by atoms with Crippen LogP contribution in [0, 0.1) is 10.7 Å². The first-order valence-electron chi connectivity index (χ1n) is 2.37. The number of nitriles is 1. The van der Waals surface area contributed by atoms with Crippen LogP contribution in [-0.4, -0.2) is 9.97 Å². The lowest BCUT2D eigenvalue weighted by atomic mass is 10.8. The SMILES string of the molecule is N#CSc1nccnc1Cl. The zero-order chi connectivity index (χ0) is 7.40. The summed E-state index contributed by atoms with van der Waals surface area (Å²) in [5.74, 6) is 0. The van der Waals surface area contributed by atoms with E-state index in [0.717, 1.165) is 11.8 Å². The van der Waals surface area contributed by atoms with Crippen molar-refractivity contribution in [3.63, 3.8) is 0 Å². The zero-order valence-electron chi connectivity index (χ0n) is 4.78. The Morgan fingerprint density at radius 1 is 1.50 bits per heavy atom. The second kappa shape index (κ2) is 3.40. The lowest BCUT2D eigenvalue weighted by Crippen LogP contribution is -1.81. The molecular weight excluding hydrogens is 170 g/mol. The Kier molecular flexibility index (Phi) is 2.49. The summed E-state index contributed by atoms with van der Waals surface area (Å²) in [5, 5.41) is 10.8. The van der Waals surface area contributed by atoms with Crippen LogP contribution in [0.5, 0.6) is 0 Å². The van der Waals surface area contributed by atoms with Crippen LogP contribution in [0.2, 0.25) is 5.15 Å². The van der Waals surface area contributed by atoms with Crippen molar-refractivity contribution < 1.29 is 0 Å². The average molecular weight is 172 g/mol. The number of hydrogen-bond acceptors (Lipinski definition) is 4. The lowest BCUT2D eigenvalue weighted by Gasteiger charge is -1.91. The minimum absolute atomic E-state index is 0.272. The van der Waals surface area contributed by atoms with E-state index in [4.69, 9.17) is 16.9 Å². The fourth-order valence-corrected chi connectivity index (χ4v) is 0.978. The second-order valence-electron chi connectivity index (χ2n) is 1.35. The summed E-state index contributed by atoms with van der Waals surface area (Å²) in [5.41, 5.74) is 0. The molecule has 0 spiro atoms. The van der Waals surface area contributed by atoms with Gasteiger partial charge in [0.1, 0.15) is 10.4 Å². The van der Waals surface area contributed by atoms with Gasteiger partial charge in [-0.05, 0) is 0 Å². The highest BCUT2D eigenvalue weighted by Gasteiger charge is 1.99. The molecule has 3 nitrogen and oxygen atoms in total. The third-order valence-corrected chi connectivity index (χ3v) is 1.74. The van der Waals surface area contributed by atoms with Crippen LogP contribution < -0.4 is 0 Å². The minimum atomic E-state index is 0.272. The zero-order valence-corrected chi connectivity index (χ0v) is 6.35. The number of halogens is 1. The maximum absolute atomic E-state index is 8.23. The molecule has 1 aromatic rings. The standard InChI is InChI=1S/C5H2ClN3S/c6-4-5(10-3-7)9-2-1-8-4/h1-2H. The van der Waals surface area contributed by atoms with Gasteiger partial charge in [-0.3, -0.25) is 0 Å². The number of aromatic nitrogens is 2. The Morgan fingerprint density at radius 2 is 2.20 bits per heavy atom. The molecule has 0 bridgehead atoms. The second-order valence-corrected chi connectivity index (χ2v) is 2.48. The quantitative estimate of drug-likeness (QED) is 0.477. The van der Waals surface area contributed by atoms with E-state index in [0.29, 0.717) is 5.03 Å². The van der Waals surface area contributed by atoms with E-state index in [9.17, 15) is 0 Å². The minimum Gasteiger partial charge on any atom is -0.244 e. The highest BCUT2D eigenvalue weighted by molar-refractivity contribution is 8.03. The molecule has 0 saturated heterocycles. The summed E-state index contributed by atoms with van der Waals surface area (Å²) in [7, 11) is 0. The van der Waals surface area contributed by atoms with E-state index in [2.05, 4.69) is 9.97 Å². The van der Waals surface area contributed by atoms with Crippen LogP contribution in [0.4, 0.5) is 0 Å². The van der Waals surface area contributed by atoms with Gasteiger partial charge in [0.15, 0.2) is 5.15 Å². The molecule has 0 aromatic carbocycles. The summed E-state index contributed by atoms with van der Waals surface area (Å²) in [4.78, 5) is 7.54. The molecule has 0 aliphatic carbocycles. The van der Waals surface area contributed by atoms with Crippen LogP contribution in [0.1, 0.15) is 0 Å². The molecule has 0 aliphatic rings. The van der Waals surface area contributed by atoms with E-state index in [1.54, 1.807) is 0 Å². The molecule has 1 aromatic heterocycles. The number of rotatable bonds is 1. The van der Waals surface area contributed by atoms with Gasteiger partial charge in [-0.2, -0.15) is 5.26 Å². The topological polar surface area (TPSA) is 49.6 Å². The van der Waals surface area contributed by atoms with Crippen LogP contribution >= 0.6 is 23.4 Å². The lowest BCUT2D eigenvalue weighted by molar-refractivity contribution is 1.06. The molecule has 0 atom stereocenters. The smallest absolute Gasteiger partial charge is 0.162 e. The maximum Gasteiger partial charge on any atom is 0.162 e. The normalized spacial score (nSPS) is 8.80. The number of nitrogens with zero attached hydrogens (tertiary/aromatic N) is 3. The van der Waals surface area contributed by atoms with Crippen molar-refractivity contribution in [2.24, 2.45) is 0 Å². The Hall–Kier alpha value is -0.790. The number of thioether (sulfide) groups is 1. The first kappa shape index (κ1) is 7.32. The largest absolute Gasteiger partial charge is 0.244 e. The number of thiocyanates is 1. The van der Waals surface area contributed by atoms with Crippen LogP contribution in [0.15, 0.2) is 17.4 Å². The summed E-state index contributed by atoms with van der Waals surface area (Å²) in [6.07, 6.45) is 2.97. The Balaban J connectivity index is 2.94. The Morgan fingerprint density at radius 3 is 2.80 bits per heavy atom. The van der Waals surface area contributed by atoms with Gasteiger partial charge in [-0.25, -0.2) is 9.97 Å². The van der Waals surface area contributed by atoms with Crippen molar-refractivity contribution in [3.05, 3.63) is 17.5 Å². The Labute approximate surface area is 67.1 Å². The fraction of sp³-hybridized carbons (Fsp3) is 0. The first-order chi connectivity index (χ1) is 4.84. The predicted octanol–water partition coefficient (Wildman–Crippen LogP) is 1.70. The first-order valence-corrected chi connectivity index (χ1v) is 3.56. The van der Waals surface area contributed by atoms with E-state index >= 15 is 0 Å². The van der Waals surface area contributed by atoms with Gasteiger partial charge in [0.05, 0.1) is 0 Å². The molecule has 0 aliphatic heterocycles. The highest BCUT2D eigenvalue weighted by Crippen LogP contribution is 2.19. The fourth-order valence-electron chi connectivity index (χ4n) is 0.420. The van der Waals surface area contributed by atoms with Crippen molar-refractivity contribution in [2.75, 3.05) is 0 Å². The van der Waals surface area contributed by atoms with Gasteiger partial charge in [0.2, 0.25) is 0 Å². The van der Waals surface area contributed by atoms with Gasteiger partial charge in [-0.15, -0.1) is 0 Å². The van der Waals surface area contributed by atoms with Gasteiger partial charge in [-0.1, -0.05) is 11.6 Å². The van der Waals surface area contributed by atoms with Crippen molar-refractivity contribution in [2.45, 2.75) is 5.03 Å². The van der Waals surface area contributed by atoms with E-state index in [1.165, 1.54) is 12.4 Å². The molecule has 10 heavy (non-hydrogen) atoms. The highest BCUT2D eigenvalue weighted by atomic mass is 35.5. The molecule has 0 saturated carbocycles. The third kappa shape index (κ3) is 1.59. The van der Waals surface area contributed by atoms with Gasteiger partial charge in [0, 0.05) is 24.2 Å². The van der Waals surface area contributed by atoms with Gasteiger partial charge >= 0.3 is 0 Å². The van der Waals surface area contributed by atoms with Gasteiger partial charge < -0.3 is 0 Å². The molecule has 0 fully saturated rings. The maximum atomic E-state index is 8.23. The number of hydrogen-bond donors (Lipinski definition) is 0. The van der Waals surface area contributed by atoms with Crippen molar-refractivity contribution >= 4 is 23.4 Å². The summed E-state index contributed by atoms with van der Waals surface area (Å²) >= 11 is 6.46. The van der Waals surface area contributed by atoms with E-state index in [-0.39, 0.29) is 5.15 Å². The van der Waals surface area contributed by atoms with E-state index < -0.39 is 0 Å². The van der Waals surface area contributed by atoms with Crippen LogP contribution in [0.25, 0.3) is 0 Å². The van der Waals surface area contributed by atoms with Crippen molar-refractivity contribution in [3.8, 4) is 5.40 Å². The molecule has 0 unspecified atom stereocenters. The Bertz CT molecular complexity index is 270. The molecular formula is C5H2ClN3S. The molecule has 5 heteroatoms. The van der Waals surface area contributed by atoms with Crippen molar-refractivity contribution in [1.29, 1.82) is 5.26 Å². The molecule has 0 radical (unpaired) electrons. The molecule has 1 rings (SSSR count). The average Bonchev–Trinajstić information content (AvgIpc) is 1.94. The molecule has 0 amide bonds. The van der Waals surface area contributed by atoms with Crippen LogP contribution in [-0.2, 0) is 0 Å². The molecule has 50 valence electrons. The van der Waals surface area contributed by atoms with E-state index in [1.807, 2.05) is 5.40 Å². The third-order valence-electron chi connectivity index (χ3n) is 0.765. The van der Waals surface area contributed by atoms with Gasteiger partial charge in [0.25, 0.3) is 0 Å².